The summed E-state index contributed by atoms with van der Waals surface area (Å²) in [6, 6.07) is 3.05. The first-order valence-electron chi connectivity index (χ1n) is 14.6. The van der Waals surface area contributed by atoms with E-state index in [4.69, 9.17) is 14.2 Å². The van der Waals surface area contributed by atoms with Crippen molar-refractivity contribution in [3.05, 3.63) is 46.0 Å². The number of amides is 1. The van der Waals surface area contributed by atoms with Crippen molar-refractivity contribution < 1.29 is 45.3 Å². The van der Waals surface area contributed by atoms with Crippen LogP contribution < -0.4 is 15.2 Å². The summed E-state index contributed by atoms with van der Waals surface area (Å²) < 4.78 is 97.1. The molecule has 2 aliphatic rings. The van der Waals surface area contributed by atoms with Gasteiger partial charge >= 0.3 is 12.4 Å². The van der Waals surface area contributed by atoms with E-state index in [0.717, 1.165) is 24.5 Å². The third kappa shape index (κ3) is 9.65. The van der Waals surface area contributed by atoms with Crippen LogP contribution >= 0.6 is 0 Å². The number of carbonyl (C=O) groups is 1. The van der Waals surface area contributed by atoms with Gasteiger partial charge in [-0.1, -0.05) is 19.6 Å². The van der Waals surface area contributed by atoms with Gasteiger partial charge in [-0.05, 0) is 31.0 Å². The first-order valence-corrected chi connectivity index (χ1v) is 18.3. The minimum atomic E-state index is -4.98. The Bertz CT molecular complexity index is 1360. The third-order valence-corrected chi connectivity index (χ3v) is 9.26. The second-order valence-electron chi connectivity index (χ2n) is 12.3. The van der Waals surface area contributed by atoms with Crippen LogP contribution in [0, 0.1) is 0 Å². The highest BCUT2D eigenvalue weighted by molar-refractivity contribution is 6.76. The molecule has 2 unspecified atom stereocenters. The fourth-order valence-corrected chi connectivity index (χ4v) is 5.71. The number of ether oxygens (including phenoxy) is 3. The number of nitrogens with zero attached hydrogens (tertiary/aromatic N) is 5. The molecule has 4 heterocycles. The van der Waals surface area contributed by atoms with Crippen molar-refractivity contribution in [3.63, 3.8) is 0 Å². The molecule has 0 spiro atoms. The number of aromatic nitrogens is 3. The highest BCUT2D eigenvalue weighted by Crippen LogP contribution is 2.34. The number of halogens is 6. The van der Waals surface area contributed by atoms with Crippen LogP contribution in [0.1, 0.15) is 30.4 Å². The number of rotatable bonds is 11. The van der Waals surface area contributed by atoms with Crippen molar-refractivity contribution in [2.45, 2.75) is 76.2 Å². The van der Waals surface area contributed by atoms with E-state index < -0.39 is 61.8 Å². The summed E-state index contributed by atoms with van der Waals surface area (Å²) in [7, 11) is -1.42. The van der Waals surface area contributed by atoms with Gasteiger partial charge in [0.15, 0.2) is 11.3 Å². The monoisotopic (exact) mass is 665 g/mol. The highest BCUT2D eigenvalue weighted by atomic mass is 28.3. The molecule has 0 bridgehead atoms. The number of carbonyl (C=O) groups excluding carboxylic acids is 1. The maximum absolute atomic E-state index is 13.8. The van der Waals surface area contributed by atoms with E-state index in [1.165, 1.54) is 6.07 Å². The zero-order valence-electron chi connectivity index (χ0n) is 25.3. The largest absolute Gasteiger partial charge is 0.488 e. The van der Waals surface area contributed by atoms with E-state index >= 15 is 0 Å². The van der Waals surface area contributed by atoms with Crippen LogP contribution in [0.5, 0.6) is 5.75 Å². The molecule has 2 aromatic heterocycles. The van der Waals surface area contributed by atoms with Crippen LogP contribution in [0.4, 0.5) is 32.2 Å². The van der Waals surface area contributed by atoms with Crippen LogP contribution in [-0.2, 0) is 33.4 Å². The molecular formula is C28H37F6N5O5Si. The predicted octanol–water partition coefficient (Wildman–Crippen LogP) is 4.65. The number of hydrogen-bond donors (Lipinski definition) is 0. The van der Waals surface area contributed by atoms with Gasteiger partial charge in [-0.15, -0.1) is 0 Å². The molecule has 4 rings (SSSR count). The van der Waals surface area contributed by atoms with Crippen molar-refractivity contribution in [1.29, 1.82) is 0 Å². The zero-order valence-corrected chi connectivity index (χ0v) is 26.3. The van der Waals surface area contributed by atoms with Gasteiger partial charge in [0.05, 0.1) is 30.4 Å². The van der Waals surface area contributed by atoms with Crippen molar-refractivity contribution in [3.8, 4) is 5.75 Å². The molecule has 250 valence electrons. The first kappa shape index (κ1) is 34.7. The molecule has 0 aromatic carbocycles. The van der Waals surface area contributed by atoms with Gasteiger partial charge in [-0.25, -0.2) is 9.67 Å². The molecule has 17 heteroatoms. The average Bonchev–Trinajstić information content (AvgIpc) is 3.40. The fraction of sp³-hybridized carbons (Fsp3) is 0.643. The first-order chi connectivity index (χ1) is 21.0. The number of alkyl halides is 6. The second-order valence-corrected chi connectivity index (χ2v) is 17.9. The van der Waals surface area contributed by atoms with Gasteiger partial charge in [0, 0.05) is 47.1 Å². The van der Waals surface area contributed by atoms with Gasteiger partial charge in [-0.2, -0.15) is 31.4 Å². The number of hydrogen-bond acceptors (Lipinski definition) is 8. The standard InChI is InChI=1S/C28H37F6N5O5Si/c1-45(2,3)13-12-42-18-39-26(41)25(28(32,33)34)22(16-36-39)43-17-21-6-5-20(44-21)14-24(40)38-10-8-37(9-11-38)23-7-4-19(15-35-23)27(29,30)31/h4,7,15-16,20-21H,5-6,8-14,17-18H2,1-3H3. The SMILES string of the molecule is C[Si](C)(C)CCOCn1ncc(OCC2CCC(CC(=O)N3CCN(c4ccc(C(F)(F)F)cn4)CC3)O2)c(C(F)(F)F)c1=O. The molecular weight excluding hydrogens is 628 g/mol. The Kier molecular flexibility index (Phi) is 10.8. The van der Waals surface area contributed by atoms with Crippen molar-refractivity contribution in [2.75, 3.05) is 44.3 Å². The summed E-state index contributed by atoms with van der Waals surface area (Å²) >= 11 is 0. The topological polar surface area (TPSA) is 99.0 Å². The Hall–Kier alpha value is -3.18. The quantitative estimate of drug-likeness (QED) is 0.194. The van der Waals surface area contributed by atoms with Gasteiger partial charge in [0.25, 0.3) is 5.56 Å². The van der Waals surface area contributed by atoms with E-state index in [2.05, 4.69) is 29.7 Å². The summed E-state index contributed by atoms with van der Waals surface area (Å²) in [5.41, 5.74) is -3.67. The second kappa shape index (κ2) is 14.1. The van der Waals surface area contributed by atoms with Gasteiger partial charge in [0.2, 0.25) is 5.91 Å². The Balaban J connectivity index is 1.25. The molecule has 2 atom stereocenters. The molecule has 0 saturated carbocycles. The Morgan fingerprint density at radius 3 is 2.29 bits per heavy atom. The minimum Gasteiger partial charge on any atom is -0.488 e. The summed E-state index contributed by atoms with van der Waals surface area (Å²) in [4.78, 5) is 32.8. The van der Waals surface area contributed by atoms with Gasteiger partial charge in [-0.3, -0.25) is 9.59 Å². The van der Waals surface area contributed by atoms with Gasteiger partial charge in [0.1, 0.15) is 19.2 Å². The van der Waals surface area contributed by atoms with Crippen molar-refractivity contribution >= 4 is 19.8 Å². The Labute approximate surface area is 257 Å². The summed E-state index contributed by atoms with van der Waals surface area (Å²) in [5.74, 6) is -0.473. The summed E-state index contributed by atoms with van der Waals surface area (Å²) in [6.07, 6.45) is -7.85. The zero-order chi connectivity index (χ0) is 33.0. The van der Waals surface area contributed by atoms with Crippen LogP contribution in [0.2, 0.25) is 25.7 Å². The molecule has 0 aliphatic carbocycles. The molecule has 2 saturated heterocycles. The van der Waals surface area contributed by atoms with Gasteiger partial charge < -0.3 is 24.0 Å². The third-order valence-electron chi connectivity index (χ3n) is 7.56. The lowest BCUT2D eigenvalue weighted by Gasteiger charge is -2.36. The maximum Gasteiger partial charge on any atom is 0.425 e. The van der Waals surface area contributed by atoms with E-state index in [1.54, 1.807) is 9.80 Å². The molecule has 2 fully saturated rings. The lowest BCUT2D eigenvalue weighted by Crippen LogP contribution is -2.49. The Morgan fingerprint density at radius 2 is 1.69 bits per heavy atom. The van der Waals surface area contributed by atoms with Crippen LogP contribution in [0.15, 0.2) is 29.3 Å². The molecule has 0 radical (unpaired) electrons. The molecule has 1 amide bonds. The number of pyridine rings is 1. The van der Waals surface area contributed by atoms with Crippen molar-refractivity contribution in [1.82, 2.24) is 19.7 Å². The number of anilines is 1. The van der Waals surface area contributed by atoms with E-state index in [9.17, 15) is 35.9 Å². The van der Waals surface area contributed by atoms with E-state index in [-0.39, 0.29) is 18.9 Å². The normalized spacial score (nSPS) is 19.7. The lowest BCUT2D eigenvalue weighted by molar-refractivity contribution is -0.141. The predicted molar refractivity (Wildman–Crippen MR) is 154 cm³/mol. The molecule has 2 aromatic rings. The minimum absolute atomic E-state index is 0.0676. The van der Waals surface area contributed by atoms with Crippen molar-refractivity contribution in [2.24, 2.45) is 0 Å². The molecule has 10 nitrogen and oxygen atoms in total. The maximum atomic E-state index is 13.8. The molecule has 45 heavy (non-hydrogen) atoms. The number of piperazine rings is 1. The summed E-state index contributed by atoms with van der Waals surface area (Å²) in [5, 5.41) is 3.80. The van der Waals surface area contributed by atoms with Crippen LogP contribution in [0.25, 0.3) is 0 Å². The molecule has 0 N–H and O–H groups in total. The lowest BCUT2D eigenvalue weighted by atomic mass is 10.1. The summed E-state index contributed by atoms with van der Waals surface area (Å²) in [6.45, 7) is 7.50. The molecule has 2 aliphatic heterocycles. The van der Waals surface area contributed by atoms with Crippen LogP contribution in [0.3, 0.4) is 0 Å². The van der Waals surface area contributed by atoms with E-state index in [1.807, 2.05) is 0 Å². The Morgan fingerprint density at radius 1 is 1.00 bits per heavy atom. The fourth-order valence-electron chi connectivity index (χ4n) is 4.95. The smallest absolute Gasteiger partial charge is 0.425 e. The highest BCUT2D eigenvalue weighted by Gasteiger charge is 2.40. The average molecular weight is 666 g/mol. The van der Waals surface area contributed by atoms with E-state index in [0.29, 0.717) is 56.1 Å². The van der Waals surface area contributed by atoms with Crippen LogP contribution in [-0.4, -0.2) is 85.2 Å².